The number of carboxylic acids is 1. The fourth-order valence-electron chi connectivity index (χ4n) is 2.22. The summed E-state index contributed by atoms with van der Waals surface area (Å²) in [5.41, 5.74) is 1.28. The van der Waals surface area contributed by atoms with Gasteiger partial charge in [0.2, 0.25) is 0 Å². The lowest BCUT2D eigenvalue weighted by Crippen LogP contribution is -2.09. The first-order chi connectivity index (χ1) is 12.5. The molecule has 2 aromatic rings. The van der Waals surface area contributed by atoms with E-state index in [0.717, 1.165) is 11.3 Å². The number of rotatable bonds is 8. The molecule has 0 aliphatic heterocycles. The highest BCUT2D eigenvalue weighted by atomic mass is 16.5. The second kappa shape index (κ2) is 9.14. The van der Waals surface area contributed by atoms with Crippen molar-refractivity contribution < 1.29 is 24.1 Å². The van der Waals surface area contributed by atoms with E-state index in [9.17, 15) is 4.79 Å². The van der Waals surface area contributed by atoms with E-state index >= 15 is 0 Å². The predicted octanol–water partition coefficient (Wildman–Crippen LogP) is 3.45. The van der Waals surface area contributed by atoms with Gasteiger partial charge in [-0.05, 0) is 48.4 Å². The molecule has 2 aromatic carbocycles. The average Bonchev–Trinajstić information content (AvgIpc) is 2.63. The van der Waals surface area contributed by atoms with Gasteiger partial charge in [0.15, 0.2) is 11.5 Å². The van der Waals surface area contributed by atoms with Crippen molar-refractivity contribution in [3.8, 4) is 23.3 Å². The molecule has 0 radical (unpaired) electrons. The number of aliphatic carboxylic acids is 1. The summed E-state index contributed by atoms with van der Waals surface area (Å²) in [6.45, 7) is 2.60. The third kappa shape index (κ3) is 5.28. The number of nitriles is 1. The van der Waals surface area contributed by atoms with Crippen LogP contribution in [0.1, 0.15) is 11.1 Å². The van der Waals surface area contributed by atoms with Crippen molar-refractivity contribution >= 4 is 12.0 Å². The quantitative estimate of drug-likeness (QED) is 0.444. The second-order valence-corrected chi connectivity index (χ2v) is 5.40. The van der Waals surface area contributed by atoms with E-state index in [0.29, 0.717) is 23.7 Å². The normalized spacial score (nSPS) is 10.7. The minimum atomic E-state index is -1.28. The largest absolute Gasteiger partial charge is 0.493 e. The average molecular weight is 353 g/mol. The summed E-state index contributed by atoms with van der Waals surface area (Å²) >= 11 is 0. The molecule has 0 fully saturated rings. The molecule has 0 unspecified atom stereocenters. The molecule has 0 spiro atoms. The van der Waals surface area contributed by atoms with Crippen molar-refractivity contribution in [1.82, 2.24) is 0 Å². The number of methoxy groups -OCH3 is 1. The number of hydrogen-bond acceptors (Lipinski definition) is 5. The van der Waals surface area contributed by atoms with Gasteiger partial charge in [-0.1, -0.05) is 18.2 Å². The van der Waals surface area contributed by atoms with Gasteiger partial charge in [-0.3, -0.25) is 0 Å². The fraction of sp³-hybridized carbons (Fsp3) is 0.200. The summed E-state index contributed by atoms with van der Waals surface area (Å²) in [6, 6.07) is 14.3. The van der Waals surface area contributed by atoms with Crippen LogP contribution >= 0.6 is 0 Å². The Bertz CT molecular complexity index is 852. The summed E-state index contributed by atoms with van der Waals surface area (Å²) in [5.74, 6) is 0.429. The monoisotopic (exact) mass is 353 g/mol. The van der Waals surface area contributed by atoms with Crippen molar-refractivity contribution in [3.05, 3.63) is 59.2 Å². The van der Waals surface area contributed by atoms with E-state index in [2.05, 4.69) is 0 Å². The molecule has 0 amide bonds. The highest BCUT2D eigenvalue weighted by Gasteiger charge is 2.09. The lowest BCUT2D eigenvalue weighted by atomic mass is 10.1. The minimum Gasteiger partial charge on any atom is -0.493 e. The summed E-state index contributed by atoms with van der Waals surface area (Å²) in [5, 5.41) is 17.8. The molecular formula is C20H19NO5. The molecule has 26 heavy (non-hydrogen) atoms. The molecule has 6 nitrogen and oxygen atoms in total. The number of aryl methyl sites for hydroxylation is 1. The SMILES string of the molecule is COc1ccc(C=C(C#N)C(=O)O)cc1OCCOc1cccc(C)c1. The van der Waals surface area contributed by atoms with Crippen molar-refractivity contribution in [1.29, 1.82) is 5.26 Å². The molecule has 134 valence electrons. The standard InChI is InChI=1S/C20H19NO5/c1-14-4-3-5-17(10-14)25-8-9-26-19-12-15(6-7-18(19)24-2)11-16(13-21)20(22)23/h3-7,10-12H,8-9H2,1-2H3,(H,22,23). The molecule has 0 atom stereocenters. The van der Waals surface area contributed by atoms with Crippen LogP contribution in [0.3, 0.4) is 0 Å². The molecule has 6 heteroatoms. The Labute approximate surface area is 151 Å². The smallest absolute Gasteiger partial charge is 0.346 e. The van der Waals surface area contributed by atoms with Crippen LogP contribution < -0.4 is 14.2 Å². The minimum absolute atomic E-state index is 0.279. The van der Waals surface area contributed by atoms with Gasteiger partial charge in [-0.2, -0.15) is 5.26 Å². The number of nitrogens with zero attached hydrogens (tertiary/aromatic N) is 1. The van der Waals surface area contributed by atoms with E-state index in [1.54, 1.807) is 24.3 Å². The molecule has 0 aromatic heterocycles. The number of ether oxygens (including phenoxy) is 3. The van der Waals surface area contributed by atoms with Crippen LogP contribution in [0.5, 0.6) is 17.2 Å². The third-order valence-electron chi connectivity index (χ3n) is 3.45. The summed E-state index contributed by atoms with van der Waals surface area (Å²) in [4.78, 5) is 10.9. The number of carboxylic acid groups (broad SMARTS) is 1. The van der Waals surface area contributed by atoms with Gasteiger partial charge in [0.05, 0.1) is 7.11 Å². The van der Waals surface area contributed by atoms with Crippen LogP contribution in [0, 0.1) is 18.3 Å². The molecule has 1 N–H and O–H groups in total. The summed E-state index contributed by atoms with van der Waals surface area (Å²) in [6.07, 6.45) is 1.28. The zero-order valence-corrected chi connectivity index (χ0v) is 14.6. The number of carbonyl (C=O) groups is 1. The Hall–Kier alpha value is -3.46. The molecule has 0 aliphatic carbocycles. The van der Waals surface area contributed by atoms with Gasteiger partial charge >= 0.3 is 5.97 Å². The lowest BCUT2D eigenvalue weighted by molar-refractivity contribution is -0.132. The first-order valence-electron chi connectivity index (χ1n) is 7.89. The highest BCUT2D eigenvalue weighted by molar-refractivity contribution is 5.96. The summed E-state index contributed by atoms with van der Waals surface area (Å²) < 4.78 is 16.6. The van der Waals surface area contributed by atoms with Crippen molar-refractivity contribution in [2.75, 3.05) is 20.3 Å². The lowest BCUT2D eigenvalue weighted by Gasteiger charge is -2.12. The van der Waals surface area contributed by atoms with Crippen molar-refractivity contribution in [2.45, 2.75) is 6.92 Å². The molecule has 0 bridgehead atoms. The van der Waals surface area contributed by atoms with Crippen LogP contribution in [0.25, 0.3) is 6.08 Å². The molecular weight excluding hydrogens is 334 g/mol. The van der Waals surface area contributed by atoms with Crippen LogP contribution in [0.4, 0.5) is 0 Å². The predicted molar refractivity (Wildman–Crippen MR) is 96.4 cm³/mol. The van der Waals surface area contributed by atoms with Gasteiger partial charge in [0.1, 0.15) is 30.6 Å². The molecule has 2 rings (SSSR count). The molecule has 0 aliphatic rings. The Morgan fingerprint density at radius 2 is 1.92 bits per heavy atom. The van der Waals surface area contributed by atoms with Gasteiger partial charge in [-0.25, -0.2) is 4.79 Å². The molecule has 0 saturated carbocycles. The Balaban J connectivity index is 2.04. The fourth-order valence-corrected chi connectivity index (χ4v) is 2.22. The maximum atomic E-state index is 10.9. The van der Waals surface area contributed by atoms with Crippen LogP contribution in [0.15, 0.2) is 48.0 Å². The topological polar surface area (TPSA) is 88.8 Å². The van der Waals surface area contributed by atoms with Crippen molar-refractivity contribution in [3.63, 3.8) is 0 Å². The van der Waals surface area contributed by atoms with Gasteiger partial charge in [0.25, 0.3) is 0 Å². The van der Waals surface area contributed by atoms with Crippen molar-refractivity contribution in [2.24, 2.45) is 0 Å². The first-order valence-corrected chi connectivity index (χ1v) is 7.89. The first kappa shape index (κ1) is 18.9. The third-order valence-corrected chi connectivity index (χ3v) is 3.45. The molecule has 0 saturated heterocycles. The van der Waals surface area contributed by atoms with Gasteiger partial charge < -0.3 is 19.3 Å². The number of hydrogen-bond donors (Lipinski definition) is 1. The highest BCUT2D eigenvalue weighted by Crippen LogP contribution is 2.29. The van der Waals surface area contributed by atoms with Crippen LogP contribution in [-0.2, 0) is 4.79 Å². The maximum absolute atomic E-state index is 10.9. The van der Waals surface area contributed by atoms with Crippen LogP contribution in [0.2, 0.25) is 0 Å². The van der Waals surface area contributed by atoms with E-state index in [4.69, 9.17) is 24.6 Å². The van der Waals surface area contributed by atoms with E-state index in [-0.39, 0.29) is 12.2 Å². The van der Waals surface area contributed by atoms with E-state index < -0.39 is 5.97 Å². The van der Waals surface area contributed by atoms with E-state index in [1.807, 2.05) is 31.2 Å². The summed E-state index contributed by atoms with van der Waals surface area (Å²) in [7, 11) is 1.51. The van der Waals surface area contributed by atoms with Gasteiger partial charge in [0, 0.05) is 0 Å². The van der Waals surface area contributed by atoms with E-state index in [1.165, 1.54) is 13.2 Å². The van der Waals surface area contributed by atoms with Crippen LogP contribution in [-0.4, -0.2) is 31.4 Å². The Kier molecular flexibility index (Phi) is 6.63. The number of benzene rings is 2. The second-order valence-electron chi connectivity index (χ2n) is 5.40. The Morgan fingerprint density at radius 1 is 1.15 bits per heavy atom. The Morgan fingerprint density at radius 3 is 2.58 bits per heavy atom. The zero-order valence-electron chi connectivity index (χ0n) is 14.6. The van der Waals surface area contributed by atoms with Gasteiger partial charge in [-0.15, -0.1) is 0 Å². The zero-order chi connectivity index (χ0) is 18.9. The molecule has 0 heterocycles. The maximum Gasteiger partial charge on any atom is 0.346 e.